The third-order valence-electron chi connectivity index (χ3n) is 3.12. The van der Waals surface area contributed by atoms with Crippen molar-refractivity contribution < 1.29 is 4.79 Å². The molecule has 0 radical (unpaired) electrons. The summed E-state index contributed by atoms with van der Waals surface area (Å²) in [6, 6.07) is 0. The van der Waals surface area contributed by atoms with E-state index in [9.17, 15) is 4.79 Å². The first-order chi connectivity index (χ1) is 5.43. The van der Waals surface area contributed by atoms with Crippen LogP contribution in [0.5, 0.6) is 0 Å². The summed E-state index contributed by atoms with van der Waals surface area (Å²) in [7, 11) is 0. The predicted molar refractivity (Wildman–Crippen MR) is 50.9 cm³/mol. The van der Waals surface area contributed by atoms with E-state index < -0.39 is 0 Å². The quantitative estimate of drug-likeness (QED) is 0.585. The molecule has 0 N–H and O–H groups in total. The number of carbonyl (C=O) groups is 1. The lowest BCUT2D eigenvalue weighted by atomic mass is 9.71. The van der Waals surface area contributed by atoms with Crippen LogP contribution >= 0.6 is 0 Å². The highest BCUT2D eigenvalue weighted by Gasteiger charge is 2.28. The molecule has 0 aromatic heterocycles. The van der Waals surface area contributed by atoms with Gasteiger partial charge in [0.1, 0.15) is 0 Å². The van der Waals surface area contributed by atoms with Gasteiger partial charge in [-0.3, -0.25) is 4.79 Å². The number of hydrogen-bond donors (Lipinski definition) is 0. The van der Waals surface area contributed by atoms with Crippen molar-refractivity contribution in [1.82, 2.24) is 0 Å². The zero-order valence-corrected chi connectivity index (χ0v) is 8.48. The van der Waals surface area contributed by atoms with Crippen molar-refractivity contribution in [3.05, 3.63) is 11.6 Å². The van der Waals surface area contributed by atoms with Gasteiger partial charge in [-0.1, -0.05) is 26.8 Å². The van der Waals surface area contributed by atoms with E-state index >= 15 is 0 Å². The molecule has 12 heavy (non-hydrogen) atoms. The molecule has 1 atom stereocenters. The maximum Gasteiger partial charge on any atom is 0.155 e. The third-order valence-corrected chi connectivity index (χ3v) is 3.12. The molecule has 1 rings (SSSR count). The van der Waals surface area contributed by atoms with Crippen molar-refractivity contribution >= 4 is 5.78 Å². The molecule has 1 heteroatoms. The van der Waals surface area contributed by atoms with Crippen LogP contribution in [0.1, 0.15) is 40.5 Å². The summed E-state index contributed by atoms with van der Waals surface area (Å²) < 4.78 is 0. The van der Waals surface area contributed by atoms with Crippen molar-refractivity contribution in [3.8, 4) is 0 Å². The number of ketones is 1. The summed E-state index contributed by atoms with van der Waals surface area (Å²) in [6.07, 6.45) is 4.28. The number of hydrogen-bond acceptors (Lipinski definition) is 1. The Balaban J connectivity index is 2.89. The summed E-state index contributed by atoms with van der Waals surface area (Å²) >= 11 is 0. The Morgan fingerprint density at radius 3 is 2.58 bits per heavy atom. The van der Waals surface area contributed by atoms with E-state index in [2.05, 4.69) is 26.8 Å². The molecule has 0 heterocycles. The molecule has 0 aliphatic heterocycles. The lowest BCUT2D eigenvalue weighted by Gasteiger charge is -2.33. The van der Waals surface area contributed by atoms with Gasteiger partial charge in [-0.05, 0) is 36.7 Å². The molecule has 0 aromatic rings. The minimum atomic E-state index is 0.208. The molecule has 0 bridgehead atoms. The Bertz CT molecular complexity index is 223. The maximum absolute atomic E-state index is 11.1. The molecule has 0 saturated heterocycles. The first-order valence-electron chi connectivity index (χ1n) is 4.66. The number of carbonyl (C=O) groups excluding carboxylic acids is 1. The largest absolute Gasteiger partial charge is 0.295 e. The van der Waals surface area contributed by atoms with Gasteiger partial charge in [-0.25, -0.2) is 0 Å². The van der Waals surface area contributed by atoms with Gasteiger partial charge in [0.05, 0.1) is 0 Å². The van der Waals surface area contributed by atoms with Crippen LogP contribution in [-0.4, -0.2) is 5.78 Å². The van der Waals surface area contributed by atoms with Crippen LogP contribution in [0.4, 0.5) is 0 Å². The molecule has 68 valence electrons. The average Bonchev–Trinajstić information content (AvgIpc) is 1.94. The molecule has 1 nitrogen and oxygen atoms in total. The number of Topliss-reactive ketones (excluding diaryl/α,β-unsaturated/α-hetero) is 1. The minimum Gasteiger partial charge on any atom is -0.295 e. The highest BCUT2D eigenvalue weighted by Crippen LogP contribution is 2.38. The minimum absolute atomic E-state index is 0.208. The van der Waals surface area contributed by atoms with Gasteiger partial charge in [0.2, 0.25) is 0 Å². The van der Waals surface area contributed by atoms with Crippen LogP contribution < -0.4 is 0 Å². The van der Waals surface area contributed by atoms with E-state index in [1.54, 1.807) is 6.92 Å². The Kier molecular flexibility index (Phi) is 2.41. The van der Waals surface area contributed by atoms with Gasteiger partial charge in [-0.15, -0.1) is 0 Å². The molecule has 0 amide bonds. The van der Waals surface area contributed by atoms with E-state index in [1.165, 1.54) is 0 Å². The van der Waals surface area contributed by atoms with Crippen molar-refractivity contribution in [1.29, 1.82) is 0 Å². The fraction of sp³-hybridized carbons (Fsp3) is 0.727. The molecule has 0 fully saturated rings. The smallest absolute Gasteiger partial charge is 0.155 e. The van der Waals surface area contributed by atoms with E-state index in [0.717, 1.165) is 18.4 Å². The summed E-state index contributed by atoms with van der Waals surface area (Å²) in [6.45, 7) is 8.34. The Morgan fingerprint density at radius 2 is 2.17 bits per heavy atom. The van der Waals surface area contributed by atoms with E-state index in [1.807, 2.05) is 0 Å². The van der Waals surface area contributed by atoms with Gasteiger partial charge in [0.15, 0.2) is 5.78 Å². The summed E-state index contributed by atoms with van der Waals surface area (Å²) in [5.41, 5.74) is 1.23. The Morgan fingerprint density at radius 1 is 1.58 bits per heavy atom. The van der Waals surface area contributed by atoms with Gasteiger partial charge >= 0.3 is 0 Å². The van der Waals surface area contributed by atoms with Gasteiger partial charge in [0.25, 0.3) is 0 Å². The molecule has 0 spiro atoms. The standard InChI is InChI=1S/C11H18O/c1-8-5-6-10(9(2)12)7-11(8,3)4/h7-8H,5-6H2,1-4H3. The first-order valence-corrected chi connectivity index (χ1v) is 4.66. The van der Waals surface area contributed by atoms with E-state index in [0.29, 0.717) is 5.92 Å². The second-order valence-electron chi connectivity index (χ2n) is 4.49. The van der Waals surface area contributed by atoms with Crippen molar-refractivity contribution in [2.24, 2.45) is 11.3 Å². The van der Waals surface area contributed by atoms with Crippen LogP contribution in [0.3, 0.4) is 0 Å². The fourth-order valence-corrected chi connectivity index (χ4v) is 1.69. The van der Waals surface area contributed by atoms with Crippen LogP contribution in [0, 0.1) is 11.3 Å². The van der Waals surface area contributed by atoms with Crippen LogP contribution in [0.25, 0.3) is 0 Å². The second-order valence-corrected chi connectivity index (χ2v) is 4.49. The summed E-state index contributed by atoms with van der Waals surface area (Å²) in [5, 5.41) is 0. The Hall–Kier alpha value is -0.590. The second kappa shape index (κ2) is 3.04. The van der Waals surface area contributed by atoms with Crippen molar-refractivity contribution in [3.63, 3.8) is 0 Å². The van der Waals surface area contributed by atoms with Gasteiger partial charge < -0.3 is 0 Å². The molecule has 0 aromatic carbocycles. The highest BCUT2D eigenvalue weighted by molar-refractivity contribution is 5.93. The molecule has 1 unspecified atom stereocenters. The summed E-state index contributed by atoms with van der Waals surface area (Å²) in [4.78, 5) is 11.1. The average molecular weight is 166 g/mol. The zero-order chi connectivity index (χ0) is 9.35. The molecular weight excluding hydrogens is 148 g/mol. The Labute approximate surface area is 74.9 Å². The first kappa shape index (κ1) is 9.50. The van der Waals surface area contributed by atoms with Crippen molar-refractivity contribution in [2.45, 2.75) is 40.5 Å². The maximum atomic E-state index is 11.1. The number of allylic oxidation sites excluding steroid dienone is 2. The van der Waals surface area contributed by atoms with Crippen LogP contribution in [0.2, 0.25) is 0 Å². The van der Waals surface area contributed by atoms with E-state index in [-0.39, 0.29) is 11.2 Å². The van der Waals surface area contributed by atoms with E-state index in [4.69, 9.17) is 0 Å². The van der Waals surface area contributed by atoms with Crippen LogP contribution in [0.15, 0.2) is 11.6 Å². The topological polar surface area (TPSA) is 17.1 Å². The highest BCUT2D eigenvalue weighted by atomic mass is 16.1. The molecular formula is C11H18O. The van der Waals surface area contributed by atoms with Gasteiger partial charge in [0, 0.05) is 0 Å². The zero-order valence-electron chi connectivity index (χ0n) is 8.48. The fourth-order valence-electron chi connectivity index (χ4n) is 1.69. The predicted octanol–water partition coefficient (Wildman–Crippen LogP) is 2.96. The SMILES string of the molecule is CC(=O)C1=CC(C)(C)C(C)CC1. The van der Waals surface area contributed by atoms with Crippen LogP contribution in [-0.2, 0) is 4.79 Å². The summed E-state index contributed by atoms with van der Waals surface area (Å²) in [5.74, 6) is 0.940. The molecule has 1 aliphatic carbocycles. The molecule has 1 aliphatic rings. The third kappa shape index (κ3) is 1.77. The molecule has 0 saturated carbocycles. The number of rotatable bonds is 1. The normalized spacial score (nSPS) is 28.0. The lowest BCUT2D eigenvalue weighted by Crippen LogP contribution is -2.24. The lowest BCUT2D eigenvalue weighted by molar-refractivity contribution is -0.114. The monoisotopic (exact) mass is 166 g/mol. The van der Waals surface area contributed by atoms with Gasteiger partial charge in [-0.2, -0.15) is 0 Å². The van der Waals surface area contributed by atoms with Crippen molar-refractivity contribution in [2.75, 3.05) is 0 Å².